The van der Waals surface area contributed by atoms with Gasteiger partial charge in [0.25, 0.3) is 0 Å². The molecule has 2 atom stereocenters. The molecule has 1 saturated heterocycles. The predicted molar refractivity (Wildman–Crippen MR) is 65.4 cm³/mol. The van der Waals surface area contributed by atoms with E-state index in [0.717, 1.165) is 19.3 Å². The van der Waals surface area contributed by atoms with E-state index in [1.165, 1.54) is 6.20 Å². The monoisotopic (exact) mass is 295 g/mol. The normalized spacial score (nSPS) is 22.4. The lowest BCUT2D eigenvalue weighted by Crippen LogP contribution is -2.32. The molecule has 0 amide bonds. The number of hydrazine groups is 1. The number of aromatic nitrogens is 1. The Hall–Kier alpha value is -0.700. The number of hydrogen-bond donors (Lipinski definition) is 2. The summed E-state index contributed by atoms with van der Waals surface area (Å²) in [5.41, 5.74) is 2.55. The van der Waals surface area contributed by atoms with Crippen molar-refractivity contribution in [2.75, 3.05) is 6.61 Å². The van der Waals surface area contributed by atoms with Gasteiger partial charge < -0.3 is 4.74 Å². The number of nitrogens with one attached hydrogen (secondary N) is 1. The fourth-order valence-corrected chi connectivity index (χ4v) is 2.96. The van der Waals surface area contributed by atoms with Crippen molar-refractivity contribution in [1.82, 2.24) is 10.4 Å². The Balaban J connectivity index is 2.02. The average molecular weight is 295 g/mol. The maximum atomic E-state index is 12.5. The van der Waals surface area contributed by atoms with Crippen molar-refractivity contribution in [3.63, 3.8) is 0 Å². The van der Waals surface area contributed by atoms with Gasteiger partial charge in [-0.15, -0.1) is 11.3 Å². The number of hydrogen-bond acceptors (Lipinski definition) is 5. The minimum atomic E-state index is -4.40. The lowest BCUT2D eigenvalue weighted by molar-refractivity contribution is -0.137. The van der Waals surface area contributed by atoms with Crippen LogP contribution in [0.15, 0.2) is 6.20 Å². The van der Waals surface area contributed by atoms with E-state index in [2.05, 4.69) is 10.4 Å². The molecular formula is C11H16F3N3OS. The summed E-state index contributed by atoms with van der Waals surface area (Å²) in [6.45, 7) is 0.707. The van der Waals surface area contributed by atoms with Crippen LogP contribution in [0.3, 0.4) is 0 Å². The maximum Gasteiger partial charge on any atom is 0.443 e. The quantitative estimate of drug-likeness (QED) is 0.662. The highest BCUT2D eigenvalue weighted by atomic mass is 32.1. The Bertz CT molecular complexity index is 404. The lowest BCUT2D eigenvalue weighted by atomic mass is 10.0. The summed E-state index contributed by atoms with van der Waals surface area (Å²) < 4.78 is 43.1. The largest absolute Gasteiger partial charge is 0.443 e. The number of nitrogens with two attached hydrogens (primary N) is 1. The van der Waals surface area contributed by atoms with Crippen molar-refractivity contribution in [1.29, 1.82) is 0 Å². The van der Waals surface area contributed by atoms with E-state index in [4.69, 9.17) is 10.6 Å². The fraction of sp³-hybridized carbons (Fsp3) is 0.727. The van der Waals surface area contributed by atoms with Gasteiger partial charge in [0.1, 0.15) is 0 Å². The summed E-state index contributed by atoms with van der Waals surface area (Å²) >= 11 is 0.627. The third-order valence-corrected chi connectivity index (χ3v) is 4.24. The van der Waals surface area contributed by atoms with Gasteiger partial charge in [-0.25, -0.2) is 4.98 Å². The highest BCUT2D eigenvalue weighted by molar-refractivity contribution is 7.11. The van der Waals surface area contributed by atoms with Crippen LogP contribution in [0, 0.1) is 0 Å². The van der Waals surface area contributed by atoms with E-state index in [0.29, 0.717) is 29.2 Å². The van der Waals surface area contributed by atoms with Crippen LogP contribution in [0.4, 0.5) is 13.2 Å². The highest BCUT2D eigenvalue weighted by Gasteiger charge is 2.35. The molecule has 3 N–H and O–H groups in total. The van der Waals surface area contributed by atoms with Gasteiger partial charge >= 0.3 is 6.18 Å². The molecule has 1 aromatic rings. The summed E-state index contributed by atoms with van der Waals surface area (Å²) in [4.78, 5) is 3.90. The predicted octanol–water partition coefficient (Wildman–Crippen LogP) is 2.63. The van der Waals surface area contributed by atoms with Crippen LogP contribution in [0.1, 0.15) is 41.6 Å². The fourth-order valence-electron chi connectivity index (χ4n) is 2.10. The average Bonchev–Trinajstić information content (AvgIpc) is 2.86. The van der Waals surface area contributed by atoms with Crippen molar-refractivity contribution < 1.29 is 17.9 Å². The van der Waals surface area contributed by atoms with E-state index in [1.54, 1.807) is 0 Å². The summed E-state index contributed by atoms with van der Waals surface area (Å²) in [5, 5.41) is -0.840. The summed E-state index contributed by atoms with van der Waals surface area (Å²) in [7, 11) is 0. The molecule has 1 fully saturated rings. The van der Waals surface area contributed by atoms with Crippen LogP contribution in [-0.2, 0) is 10.9 Å². The number of halogens is 3. The zero-order valence-corrected chi connectivity index (χ0v) is 11.1. The van der Waals surface area contributed by atoms with E-state index in [-0.39, 0.29) is 12.1 Å². The molecule has 1 aliphatic heterocycles. The summed E-state index contributed by atoms with van der Waals surface area (Å²) in [6.07, 6.45) is 0.490. The molecule has 0 radical (unpaired) electrons. The molecule has 0 aliphatic carbocycles. The Morgan fingerprint density at radius 3 is 2.84 bits per heavy atom. The van der Waals surface area contributed by atoms with Gasteiger partial charge in [-0.05, 0) is 25.7 Å². The number of rotatable bonds is 4. The second-order valence-corrected chi connectivity index (χ2v) is 5.57. The van der Waals surface area contributed by atoms with E-state index in [1.807, 2.05) is 0 Å². The zero-order chi connectivity index (χ0) is 13.9. The molecule has 8 heteroatoms. The lowest BCUT2D eigenvalue weighted by Gasteiger charge is -2.26. The summed E-state index contributed by atoms with van der Waals surface area (Å²) in [6, 6.07) is -0.350. The number of ether oxygens (including phenoxy) is 1. The molecule has 1 aliphatic rings. The van der Waals surface area contributed by atoms with Crippen molar-refractivity contribution in [2.45, 2.75) is 44.0 Å². The first-order valence-corrected chi connectivity index (χ1v) is 6.93. The Morgan fingerprint density at radius 1 is 1.53 bits per heavy atom. The molecule has 108 valence electrons. The third kappa shape index (κ3) is 3.88. The molecule has 0 bridgehead atoms. The Labute approximate surface area is 113 Å². The first-order chi connectivity index (χ1) is 9.00. The van der Waals surface area contributed by atoms with Crippen molar-refractivity contribution in [2.24, 2.45) is 5.84 Å². The van der Waals surface area contributed by atoms with Crippen molar-refractivity contribution >= 4 is 11.3 Å². The third-order valence-electron chi connectivity index (χ3n) is 3.08. The van der Waals surface area contributed by atoms with E-state index >= 15 is 0 Å². The molecule has 0 saturated carbocycles. The minimum absolute atomic E-state index is 0.0474. The Morgan fingerprint density at radius 2 is 2.32 bits per heavy atom. The molecule has 0 aromatic carbocycles. The van der Waals surface area contributed by atoms with Gasteiger partial charge in [0.05, 0.1) is 12.1 Å². The maximum absolute atomic E-state index is 12.5. The molecule has 1 aromatic heterocycles. The van der Waals surface area contributed by atoms with Gasteiger partial charge in [0, 0.05) is 17.7 Å². The first-order valence-electron chi connectivity index (χ1n) is 6.11. The molecule has 2 rings (SSSR count). The first kappa shape index (κ1) is 14.7. The van der Waals surface area contributed by atoms with Gasteiger partial charge in [-0.2, -0.15) is 13.2 Å². The topological polar surface area (TPSA) is 60.2 Å². The Kier molecular flexibility index (Phi) is 4.77. The number of thiazole rings is 1. The number of alkyl halides is 3. The van der Waals surface area contributed by atoms with Crippen LogP contribution in [0.5, 0.6) is 0 Å². The minimum Gasteiger partial charge on any atom is -0.378 e. The van der Waals surface area contributed by atoms with Gasteiger partial charge in [0.2, 0.25) is 0 Å². The van der Waals surface area contributed by atoms with Crippen LogP contribution in [-0.4, -0.2) is 17.7 Å². The standard InChI is InChI=1S/C11H16F3N3OS/c12-11(13,14)10-16-6-9(19-10)8(17-15)5-7-3-1-2-4-18-7/h6-8,17H,1-5,15H2. The molecule has 2 heterocycles. The van der Waals surface area contributed by atoms with Crippen molar-refractivity contribution in [3.05, 3.63) is 16.1 Å². The molecule has 2 unspecified atom stereocenters. The molecule has 4 nitrogen and oxygen atoms in total. The molecule has 19 heavy (non-hydrogen) atoms. The molecular weight excluding hydrogens is 279 g/mol. The van der Waals surface area contributed by atoms with Gasteiger partial charge in [-0.1, -0.05) is 0 Å². The molecule has 0 spiro atoms. The van der Waals surface area contributed by atoms with Crippen LogP contribution in [0.25, 0.3) is 0 Å². The second kappa shape index (κ2) is 6.17. The van der Waals surface area contributed by atoms with E-state index in [9.17, 15) is 13.2 Å². The van der Waals surface area contributed by atoms with Crippen LogP contribution < -0.4 is 11.3 Å². The van der Waals surface area contributed by atoms with Gasteiger partial charge in [0.15, 0.2) is 5.01 Å². The number of nitrogens with zero attached hydrogens (tertiary/aromatic N) is 1. The van der Waals surface area contributed by atoms with Gasteiger partial charge in [-0.3, -0.25) is 11.3 Å². The zero-order valence-electron chi connectivity index (χ0n) is 10.2. The second-order valence-electron chi connectivity index (χ2n) is 4.51. The SMILES string of the molecule is NNC(CC1CCCCO1)c1cnc(C(F)(F)F)s1. The highest BCUT2D eigenvalue weighted by Crippen LogP contribution is 2.35. The summed E-state index contributed by atoms with van der Waals surface area (Å²) in [5.74, 6) is 5.43. The van der Waals surface area contributed by atoms with Crippen molar-refractivity contribution in [3.8, 4) is 0 Å². The van der Waals surface area contributed by atoms with Crippen LogP contribution in [0.2, 0.25) is 0 Å². The smallest absolute Gasteiger partial charge is 0.378 e. The van der Waals surface area contributed by atoms with Crippen LogP contribution >= 0.6 is 11.3 Å². The van der Waals surface area contributed by atoms with E-state index < -0.39 is 11.2 Å².